The maximum absolute atomic E-state index is 6.34. The standard InChI is InChI=1S/C16H26N2O/c1-4-19-15-8-6-5-7-13(15)16-14(17)9-10-18(16)11-12(2)3/h5-8,12,14,16H,4,9-11,17H2,1-3H3. The highest BCUT2D eigenvalue weighted by Crippen LogP contribution is 2.36. The molecule has 106 valence electrons. The van der Waals surface area contributed by atoms with Crippen LogP contribution in [0.1, 0.15) is 38.8 Å². The summed E-state index contributed by atoms with van der Waals surface area (Å²) in [6.45, 7) is 9.42. The highest BCUT2D eigenvalue weighted by atomic mass is 16.5. The summed E-state index contributed by atoms with van der Waals surface area (Å²) in [7, 11) is 0. The minimum atomic E-state index is 0.209. The van der Waals surface area contributed by atoms with Crippen LogP contribution in [-0.2, 0) is 0 Å². The van der Waals surface area contributed by atoms with Crippen LogP contribution in [0.5, 0.6) is 5.75 Å². The molecule has 2 rings (SSSR count). The lowest BCUT2D eigenvalue weighted by Crippen LogP contribution is -2.34. The molecule has 0 aromatic heterocycles. The largest absolute Gasteiger partial charge is 0.494 e. The molecule has 1 aliphatic rings. The summed E-state index contributed by atoms with van der Waals surface area (Å²) in [5.74, 6) is 1.65. The second-order valence-electron chi connectivity index (χ2n) is 5.76. The predicted molar refractivity (Wildman–Crippen MR) is 79.4 cm³/mol. The van der Waals surface area contributed by atoms with Gasteiger partial charge in [-0.3, -0.25) is 4.90 Å². The summed E-state index contributed by atoms with van der Waals surface area (Å²) in [5.41, 5.74) is 7.59. The molecule has 0 amide bonds. The van der Waals surface area contributed by atoms with Crippen LogP contribution in [0, 0.1) is 5.92 Å². The van der Waals surface area contributed by atoms with E-state index in [1.165, 1.54) is 5.56 Å². The first-order chi connectivity index (χ1) is 9.13. The van der Waals surface area contributed by atoms with Crippen LogP contribution in [0.2, 0.25) is 0 Å². The lowest BCUT2D eigenvalue weighted by molar-refractivity contribution is 0.215. The minimum absolute atomic E-state index is 0.209. The van der Waals surface area contributed by atoms with Gasteiger partial charge in [0, 0.05) is 24.7 Å². The van der Waals surface area contributed by atoms with Gasteiger partial charge < -0.3 is 10.5 Å². The molecule has 1 fully saturated rings. The Labute approximate surface area is 116 Å². The third kappa shape index (κ3) is 3.28. The van der Waals surface area contributed by atoms with Crippen molar-refractivity contribution in [3.8, 4) is 5.75 Å². The van der Waals surface area contributed by atoms with Crippen LogP contribution in [0.3, 0.4) is 0 Å². The zero-order chi connectivity index (χ0) is 13.8. The van der Waals surface area contributed by atoms with Crippen LogP contribution in [0.15, 0.2) is 24.3 Å². The molecule has 3 heteroatoms. The molecule has 0 saturated carbocycles. The highest BCUT2D eigenvalue weighted by molar-refractivity contribution is 5.37. The van der Waals surface area contributed by atoms with E-state index in [0.717, 1.165) is 25.3 Å². The molecule has 2 N–H and O–H groups in total. The molecule has 1 aliphatic heterocycles. The third-order valence-electron chi connectivity index (χ3n) is 3.69. The van der Waals surface area contributed by atoms with E-state index in [-0.39, 0.29) is 6.04 Å². The first-order valence-electron chi connectivity index (χ1n) is 7.34. The zero-order valence-electron chi connectivity index (χ0n) is 12.3. The Morgan fingerprint density at radius 1 is 1.37 bits per heavy atom. The highest BCUT2D eigenvalue weighted by Gasteiger charge is 2.34. The van der Waals surface area contributed by atoms with Gasteiger partial charge >= 0.3 is 0 Å². The van der Waals surface area contributed by atoms with E-state index < -0.39 is 0 Å². The Balaban J connectivity index is 2.26. The molecule has 2 unspecified atom stereocenters. The van der Waals surface area contributed by atoms with Crippen molar-refractivity contribution in [2.75, 3.05) is 19.7 Å². The van der Waals surface area contributed by atoms with Crippen LogP contribution in [-0.4, -0.2) is 30.6 Å². The maximum Gasteiger partial charge on any atom is 0.124 e. The second-order valence-corrected chi connectivity index (χ2v) is 5.76. The molecular weight excluding hydrogens is 236 g/mol. The van der Waals surface area contributed by atoms with Crippen molar-refractivity contribution in [1.29, 1.82) is 0 Å². The summed E-state index contributed by atoms with van der Waals surface area (Å²) in [5, 5.41) is 0. The maximum atomic E-state index is 6.34. The smallest absolute Gasteiger partial charge is 0.124 e. The van der Waals surface area contributed by atoms with Crippen molar-refractivity contribution in [3.63, 3.8) is 0 Å². The molecular formula is C16H26N2O. The van der Waals surface area contributed by atoms with Gasteiger partial charge in [-0.25, -0.2) is 0 Å². The van der Waals surface area contributed by atoms with Crippen LogP contribution in [0.25, 0.3) is 0 Å². The predicted octanol–water partition coefficient (Wildman–Crippen LogP) is 2.82. The molecule has 1 heterocycles. The number of nitrogens with zero attached hydrogens (tertiary/aromatic N) is 1. The van der Waals surface area contributed by atoms with E-state index in [1.807, 2.05) is 13.0 Å². The monoisotopic (exact) mass is 262 g/mol. The molecule has 0 radical (unpaired) electrons. The lowest BCUT2D eigenvalue weighted by atomic mass is 9.99. The van der Waals surface area contributed by atoms with Crippen molar-refractivity contribution in [1.82, 2.24) is 4.90 Å². The first-order valence-corrected chi connectivity index (χ1v) is 7.34. The third-order valence-corrected chi connectivity index (χ3v) is 3.69. The lowest BCUT2D eigenvalue weighted by Gasteiger charge is -2.29. The number of para-hydroxylation sites is 1. The van der Waals surface area contributed by atoms with Gasteiger partial charge in [0.2, 0.25) is 0 Å². The van der Waals surface area contributed by atoms with Gasteiger partial charge in [0.05, 0.1) is 12.6 Å². The molecule has 1 aromatic rings. The number of hydrogen-bond donors (Lipinski definition) is 1. The van der Waals surface area contributed by atoms with Crippen molar-refractivity contribution < 1.29 is 4.74 Å². The van der Waals surface area contributed by atoms with Gasteiger partial charge in [0.1, 0.15) is 5.75 Å². The quantitative estimate of drug-likeness (QED) is 0.887. The second kappa shape index (κ2) is 6.40. The Morgan fingerprint density at radius 3 is 2.79 bits per heavy atom. The Morgan fingerprint density at radius 2 is 2.11 bits per heavy atom. The fourth-order valence-electron chi connectivity index (χ4n) is 3.00. The van der Waals surface area contributed by atoms with Gasteiger partial charge in [-0.1, -0.05) is 32.0 Å². The van der Waals surface area contributed by atoms with Crippen LogP contribution < -0.4 is 10.5 Å². The number of hydrogen-bond acceptors (Lipinski definition) is 3. The topological polar surface area (TPSA) is 38.5 Å². The van der Waals surface area contributed by atoms with E-state index in [2.05, 4.69) is 36.9 Å². The number of nitrogens with two attached hydrogens (primary N) is 1. The summed E-state index contributed by atoms with van der Waals surface area (Å²) in [6, 6.07) is 8.83. The van der Waals surface area contributed by atoms with Gasteiger partial charge in [0.25, 0.3) is 0 Å². The number of ether oxygens (including phenoxy) is 1. The fraction of sp³-hybridized carbons (Fsp3) is 0.625. The summed E-state index contributed by atoms with van der Waals surface area (Å²) in [6.07, 6.45) is 1.07. The van der Waals surface area contributed by atoms with Gasteiger partial charge in [-0.2, -0.15) is 0 Å². The normalized spacial score (nSPS) is 24.1. The van der Waals surface area contributed by atoms with Crippen LogP contribution >= 0.6 is 0 Å². The minimum Gasteiger partial charge on any atom is -0.494 e. The molecule has 0 spiro atoms. The Bertz CT molecular complexity index is 405. The van der Waals surface area contributed by atoms with Crippen molar-refractivity contribution >= 4 is 0 Å². The number of rotatable bonds is 5. The zero-order valence-corrected chi connectivity index (χ0v) is 12.3. The fourth-order valence-corrected chi connectivity index (χ4v) is 3.00. The SMILES string of the molecule is CCOc1ccccc1C1C(N)CCN1CC(C)C. The summed E-state index contributed by atoms with van der Waals surface area (Å²) >= 11 is 0. The number of likely N-dealkylation sites (tertiary alicyclic amines) is 1. The Hall–Kier alpha value is -1.06. The summed E-state index contributed by atoms with van der Waals surface area (Å²) < 4.78 is 5.77. The average Bonchev–Trinajstić information content (AvgIpc) is 2.71. The van der Waals surface area contributed by atoms with E-state index in [0.29, 0.717) is 18.6 Å². The van der Waals surface area contributed by atoms with E-state index in [9.17, 15) is 0 Å². The molecule has 1 saturated heterocycles. The van der Waals surface area contributed by atoms with E-state index in [4.69, 9.17) is 10.5 Å². The van der Waals surface area contributed by atoms with Crippen molar-refractivity contribution in [3.05, 3.63) is 29.8 Å². The van der Waals surface area contributed by atoms with Crippen LogP contribution in [0.4, 0.5) is 0 Å². The van der Waals surface area contributed by atoms with Gasteiger partial charge in [-0.15, -0.1) is 0 Å². The molecule has 3 nitrogen and oxygen atoms in total. The van der Waals surface area contributed by atoms with E-state index in [1.54, 1.807) is 0 Å². The molecule has 1 aromatic carbocycles. The molecule has 0 aliphatic carbocycles. The van der Waals surface area contributed by atoms with E-state index >= 15 is 0 Å². The molecule has 0 bridgehead atoms. The number of benzene rings is 1. The molecule has 19 heavy (non-hydrogen) atoms. The van der Waals surface area contributed by atoms with Gasteiger partial charge in [0.15, 0.2) is 0 Å². The van der Waals surface area contributed by atoms with Gasteiger partial charge in [-0.05, 0) is 25.3 Å². The summed E-state index contributed by atoms with van der Waals surface area (Å²) in [4.78, 5) is 2.51. The van der Waals surface area contributed by atoms with Crippen molar-refractivity contribution in [2.45, 2.75) is 39.3 Å². The first kappa shape index (κ1) is 14.4. The Kier molecular flexibility index (Phi) is 4.83. The molecule has 2 atom stereocenters. The van der Waals surface area contributed by atoms with Crippen molar-refractivity contribution in [2.24, 2.45) is 11.7 Å². The average molecular weight is 262 g/mol.